The summed E-state index contributed by atoms with van der Waals surface area (Å²) in [5.41, 5.74) is 0.504. The number of fused-ring (bicyclic) bond motifs is 2. The first kappa shape index (κ1) is 13.6. The molecule has 0 aliphatic heterocycles. The van der Waals surface area contributed by atoms with Crippen LogP contribution in [0.5, 0.6) is 0 Å². The molecule has 2 saturated carbocycles. The normalized spacial score (nSPS) is 27.6. The van der Waals surface area contributed by atoms with Crippen LogP contribution in [0.15, 0.2) is 22.7 Å². The summed E-state index contributed by atoms with van der Waals surface area (Å²) in [4.78, 5) is 23.6. The van der Waals surface area contributed by atoms with E-state index < -0.39 is 5.97 Å². The number of carboxylic acid groups (broad SMARTS) is 1. The van der Waals surface area contributed by atoms with Crippen molar-refractivity contribution in [1.29, 1.82) is 0 Å². The molecule has 2 aliphatic carbocycles. The SMILES string of the molecule is O=C(O)c1cc(Br)ccc1NC(=O)C1CC2CCC1C2. The quantitative estimate of drug-likeness (QED) is 0.886. The molecule has 2 fully saturated rings. The Morgan fingerprint density at radius 2 is 2.05 bits per heavy atom. The van der Waals surface area contributed by atoms with Crippen LogP contribution in [0.3, 0.4) is 0 Å². The van der Waals surface area contributed by atoms with E-state index in [0.717, 1.165) is 19.3 Å². The van der Waals surface area contributed by atoms with E-state index in [2.05, 4.69) is 21.2 Å². The highest BCUT2D eigenvalue weighted by Gasteiger charge is 2.43. The maximum atomic E-state index is 12.3. The molecule has 0 spiro atoms. The number of aromatic carboxylic acids is 1. The minimum absolute atomic E-state index is 0.0259. The average molecular weight is 338 g/mol. The number of rotatable bonds is 3. The lowest BCUT2D eigenvalue weighted by Crippen LogP contribution is -2.27. The lowest BCUT2D eigenvalue weighted by atomic mass is 9.88. The molecule has 3 unspecified atom stereocenters. The van der Waals surface area contributed by atoms with E-state index in [0.29, 0.717) is 22.0 Å². The van der Waals surface area contributed by atoms with Gasteiger partial charge in [-0.25, -0.2) is 4.79 Å². The van der Waals surface area contributed by atoms with Crippen molar-refractivity contribution < 1.29 is 14.7 Å². The standard InChI is InChI=1S/C15H16BrNO3/c16-10-3-4-13(12(7-10)15(19)20)17-14(18)11-6-8-1-2-9(11)5-8/h3-4,7-9,11H,1-2,5-6H2,(H,17,18)(H,19,20). The predicted molar refractivity (Wildman–Crippen MR) is 78.7 cm³/mol. The Hall–Kier alpha value is -1.36. The van der Waals surface area contributed by atoms with Crippen LogP contribution in [0.25, 0.3) is 0 Å². The lowest BCUT2D eigenvalue weighted by Gasteiger charge is -2.21. The van der Waals surface area contributed by atoms with Gasteiger partial charge in [-0.2, -0.15) is 0 Å². The van der Waals surface area contributed by atoms with Crippen molar-refractivity contribution in [2.24, 2.45) is 17.8 Å². The molecule has 106 valence electrons. The minimum Gasteiger partial charge on any atom is -0.478 e. The van der Waals surface area contributed by atoms with Crippen molar-refractivity contribution in [1.82, 2.24) is 0 Å². The molecule has 0 saturated heterocycles. The second-order valence-electron chi connectivity index (χ2n) is 5.77. The molecule has 4 nitrogen and oxygen atoms in total. The molecule has 1 aromatic rings. The smallest absolute Gasteiger partial charge is 0.337 e. The Kier molecular flexibility index (Phi) is 3.54. The third-order valence-electron chi connectivity index (χ3n) is 4.54. The lowest BCUT2D eigenvalue weighted by molar-refractivity contribution is -0.121. The number of benzene rings is 1. The van der Waals surface area contributed by atoms with Crippen LogP contribution in [0.1, 0.15) is 36.0 Å². The van der Waals surface area contributed by atoms with Crippen molar-refractivity contribution in [3.63, 3.8) is 0 Å². The molecule has 0 heterocycles. The number of nitrogens with one attached hydrogen (secondary N) is 1. The molecular formula is C15H16BrNO3. The van der Waals surface area contributed by atoms with Crippen LogP contribution in [-0.2, 0) is 4.79 Å². The largest absolute Gasteiger partial charge is 0.478 e. The van der Waals surface area contributed by atoms with Crippen LogP contribution < -0.4 is 5.32 Å². The second-order valence-corrected chi connectivity index (χ2v) is 6.68. The first-order chi connectivity index (χ1) is 9.54. The molecule has 2 aliphatic rings. The summed E-state index contributed by atoms with van der Waals surface area (Å²) < 4.78 is 0.688. The highest BCUT2D eigenvalue weighted by Crippen LogP contribution is 2.48. The Morgan fingerprint density at radius 3 is 2.65 bits per heavy atom. The van der Waals surface area contributed by atoms with Gasteiger partial charge in [-0.1, -0.05) is 22.4 Å². The fraction of sp³-hybridized carbons (Fsp3) is 0.467. The number of amides is 1. The Balaban J connectivity index is 1.78. The zero-order valence-electron chi connectivity index (χ0n) is 10.9. The molecule has 2 bridgehead atoms. The van der Waals surface area contributed by atoms with E-state index in [1.165, 1.54) is 12.5 Å². The number of halogens is 1. The number of hydrogen-bond donors (Lipinski definition) is 2. The van der Waals surface area contributed by atoms with Crippen molar-refractivity contribution in [3.8, 4) is 0 Å². The molecule has 2 N–H and O–H groups in total. The second kappa shape index (κ2) is 5.20. The molecule has 5 heteroatoms. The van der Waals surface area contributed by atoms with Crippen LogP contribution in [-0.4, -0.2) is 17.0 Å². The number of carbonyl (C=O) groups excluding carboxylic acids is 1. The fourth-order valence-electron chi connectivity index (χ4n) is 3.59. The number of carboxylic acids is 1. The van der Waals surface area contributed by atoms with Gasteiger partial charge in [0.1, 0.15) is 0 Å². The Morgan fingerprint density at radius 1 is 1.25 bits per heavy atom. The van der Waals surface area contributed by atoms with Crippen LogP contribution in [0.2, 0.25) is 0 Å². The third kappa shape index (κ3) is 2.46. The number of hydrogen-bond acceptors (Lipinski definition) is 2. The Bertz CT molecular complexity index is 572. The predicted octanol–water partition coefficient (Wildman–Crippen LogP) is 3.52. The zero-order chi connectivity index (χ0) is 14.3. The van der Waals surface area contributed by atoms with E-state index in [1.54, 1.807) is 12.1 Å². The Labute approximate surface area is 125 Å². The first-order valence-electron chi connectivity index (χ1n) is 6.88. The zero-order valence-corrected chi connectivity index (χ0v) is 12.5. The van der Waals surface area contributed by atoms with Crippen molar-refractivity contribution in [3.05, 3.63) is 28.2 Å². The molecular weight excluding hydrogens is 322 g/mol. The molecule has 1 amide bonds. The highest BCUT2D eigenvalue weighted by atomic mass is 79.9. The van der Waals surface area contributed by atoms with E-state index >= 15 is 0 Å². The van der Waals surface area contributed by atoms with Gasteiger partial charge < -0.3 is 10.4 Å². The topological polar surface area (TPSA) is 66.4 Å². The van der Waals surface area contributed by atoms with Gasteiger partial charge in [0.2, 0.25) is 5.91 Å². The van der Waals surface area contributed by atoms with E-state index in [9.17, 15) is 14.7 Å². The van der Waals surface area contributed by atoms with E-state index in [1.807, 2.05) is 0 Å². The van der Waals surface area contributed by atoms with Gasteiger partial charge in [0.15, 0.2) is 0 Å². The number of carbonyl (C=O) groups is 2. The molecule has 1 aromatic carbocycles. The van der Waals surface area contributed by atoms with Gasteiger partial charge in [0.25, 0.3) is 0 Å². The van der Waals surface area contributed by atoms with Gasteiger partial charge in [-0.05, 0) is 49.3 Å². The summed E-state index contributed by atoms with van der Waals surface area (Å²) in [7, 11) is 0. The maximum absolute atomic E-state index is 12.3. The van der Waals surface area contributed by atoms with Gasteiger partial charge in [-0.15, -0.1) is 0 Å². The van der Waals surface area contributed by atoms with Crippen LogP contribution in [0.4, 0.5) is 5.69 Å². The monoisotopic (exact) mass is 337 g/mol. The van der Waals surface area contributed by atoms with Crippen molar-refractivity contribution in [2.45, 2.75) is 25.7 Å². The molecule has 3 rings (SSSR count). The molecule has 0 radical (unpaired) electrons. The summed E-state index contributed by atoms with van der Waals surface area (Å²) in [6, 6.07) is 4.89. The highest BCUT2D eigenvalue weighted by molar-refractivity contribution is 9.10. The summed E-state index contributed by atoms with van der Waals surface area (Å²) in [5, 5.41) is 12.0. The summed E-state index contributed by atoms with van der Waals surface area (Å²) >= 11 is 3.25. The van der Waals surface area contributed by atoms with Gasteiger partial charge in [-0.3, -0.25) is 4.79 Å². The van der Waals surface area contributed by atoms with Crippen LogP contribution in [0, 0.1) is 17.8 Å². The number of anilines is 1. The van der Waals surface area contributed by atoms with E-state index in [4.69, 9.17) is 0 Å². The van der Waals surface area contributed by atoms with Crippen molar-refractivity contribution >= 4 is 33.5 Å². The molecule has 0 aromatic heterocycles. The fourth-order valence-corrected chi connectivity index (χ4v) is 3.95. The van der Waals surface area contributed by atoms with Gasteiger partial charge in [0, 0.05) is 10.4 Å². The van der Waals surface area contributed by atoms with E-state index in [-0.39, 0.29) is 17.4 Å². The summed E-state index contributed by atoms with van der Waals surface area (Å²) in [6.07, 6.45) is 4.49. The molecule has 20 heavy (non-hydrogen) atoms. The first-order valence-corrected chi connectivity index (χ1v) is 7.67. The summed E-state index contributed by atoms with van der Waals surface area (Å²) in [5.74, 6) is 0.180. The average Bonchev–Trinajstić information content (AvgIpc) is 3.03. The summed E-state index contributed by atoms with van der Waals surface area (Å²) in [6.45, 7) is 0. The van der Waals surface area contributed by atoms with Crippen molar-refractivity contribution in [2.75, 3.05) is 5.32 Å². The molecule has 3 atom stereocenters. The van der Waals surface area contributed by atoms with Crippen LogP contribution >= 0.6 is 15.9 Å². The maximum Gasteiger partial charge on any atom is 0.337 e. The van der Waals surface area contributed by atoms with Gasteiger partial charge >= 0.3 is 5.97 Å². The third-order valence-corrected chi connectivity index (χ3v) is 5.04. The van der Waals surface area contributed by atoms with Gasteiger partial charge in [0.05, 0.1) is 11.3 Å². The minimum atomic E-state index is -1.03.